The van der Waals surface area contributed by atoms with Crippen LogP contribution in [0.4, 0.5) is 10.1 Å². The van der Waals surface area contributed by atoms with Crippen molar-refractivity contribution in [1.29, 1.82) is 0 Å². The van der Waals surface area contributed by atoms with Gasteiger partial charge in [0.2, 0.25) is 0 Å². The third-order valence-electron chi connectivity index (χ3n) is 2.85. The van der Waals surface area contributed by atoms with Gasteiger partial charge in [0.25, 0.3) is 5.91 Å². The molecule has 0 saturated carbocycles. The second-order valence-electron chi connectivity index (χ2n) is 4.17. The maximum atomic E-state index is 13.5. The van der Waals surface area contributed by atoms with Gasteiger partial charge in [-0.25, -0.2) is 4.39 Å². The van der Waals surface area contributed by atoms with Crippen molar-refractivity contribution in [2.45, 2.75) is 25.0 Å². The number of rotatable bonds is 3. The number of anilines is 1. The molecule has 2 atom stereocenters. The molecule has 1 saturated heterocycles. The highest BCUT2D eigenvalue weighted by molar-refractivity contribution is 9.10. The maximum absolute atomic E-state index is 13.5. The maximum Gasteiger partial charge on any atom is 0.253 e. The third-order valence-corrected chi connectivity index (χ3v) is 3.34. The molecule has 0 radical (unpaired) electrons. The van der Waals surface area contributed by atoms with Crippen LogP contribution in [-0.2, 0) is 9.53 Å². The minimum Gasteiger partial charge on any atom is -0.364 e. The number of hydrogen-bond acceptors (Lipinski definition) is 3. The molecule has 1 aliphatic rings. The molecular weight excluding hydrogens is 338 g/mol. The Kier molecular flexibility index (Phi) is 6.19. The number of carbonyl (C=O) groups excluding carboxylic acids is 1. The Morgan fingerprint density at radius 2 is 2.26 bits per heavy atom. The van der Waals surface area contributed by atoms with E-state index in [4.69, 9.17) is 10.5 Å². The molecule has 106 valence electrons. The summed E-state index contributed by atoms with van der Waals surface area (Å²) in [6.45, 7) is 0.398. The van der Waals surface area contributed by atoms with Gasteiger partial charge in [-0.3, -0.25) is 4.79 Å². The van der Waals surface area contributed by atoms with Crippen molar-refractivity contribution in [3.8, 4) is 0 Å². The van der Waals surface area contributed by atoms with Crippen molar-refractivity contribution in [1.82, 2.24) is 0 Å². The van der Waals surface area contributed by atoms with E-state index in [9.17, 15) is 9.18 Å². The average molecular weight is 354 g/mol. The first-order valence-corrected chi connectivity index (χ1v) is 6.51. The van der Waals surface area contributed by atoms with Gasteiger partial charge in [-0.2, -0.15) is 0 Å². The van der Waals surface area contributed by atoms with Gasteiger partial charge in [0.1, 0.15) is 11.9 Å². The van der Waals surface area contributed by atoms with Crippen LogP contribution in [-0.4, -0.2) is 24.7 Å². The molecule has 0 aromatic heterocycles. The largest absolute Gasteiger partial charge is 0.364 e. The summed E-state index contributed by atoms with van der Waals surface area (Å²) in [4.78, 5) is 11.9. The number of carbonyl (C=O) groups is 1. The zero-order valence-electron chi connectivity index (χ0n) is 10.1. The fraction of sp³-hybridized carbons (Fsp3) is 0.417. The summed E-state index contributed by atoms with van der Waals surface area (Å²) in [5.41, 5.74) is 5.62. The quantitative estimate of drug-likeness (QED) is 0.877. The minimum atomic E-state index is -0.545. The third kappa shape index (κ3) is 4.14. The second kappa shape index (κ2) is 7.19. The molecule has 19 heavy (non-hydrogen) atoms. The summed E-state index contributed by atoms with van der Waals surface area (Å²) in [6, 6.07) is 4.38. The van der Waals surface area contributed by atoms with E-state index in [1.54, 1.807) is 6.07 Å². The Morgan fingerprint density at radius 3 is 2.89 bits per heavy atom. The highest BCUT2D eigenvalue weighted by atomic mass is 79.9. The number of halogens is 3. The molecule has 4 nitrogen and oxygen atoms in total. The molecule has 0 bridgehead atoms. The smallest absolute Gasteiger partial charge is 0.253 e. The van der Waals surface area contributed by atoms with E-state index in [0.29, 0.717) is 17.4 Å². The normalized spacial score (nSPS) is 21.8. The number of nitrogens with one attached hydrogen (secondary N) is 1. The lowest BCUT2D eigenvalue weighted by Crippen LogP contribution is -2.30. The first-order valence-electron chi connectivity index (χ1n) is 5.71. The van der Waals surface area contributed by atoms with Crippen LogP contribution in [0.2, 0.25) is 0 Å². The molecule has 3 N–H and O–H groups in total. The predicted octanol–water partition coefficient (Wildman–Crippen LogP) is 2.45. The van der Waals surface area contributed by atoms with Gasteiger partial charge >= 0.3 is 0 Å². The molecule has 1 heterocycles. The zero-order valence-corrected chi connectivity index (χ0v) is 12.5. The van der Waals surface area contributed by atoms with Crippen molar-refractivity contribution >= 4 is 39.9 Å². The summed E-state index contributed by atoms with van der Waals surface area (Å²) in [5.74, 6) is -0.803. The van der Waals surface area contributed by atoms with Crippen molar-refractivity contribution in [2.75, 3.05) is 11.9 Å². The van der Waals surface area contributed by atoms with Gasteiger partial charge < -0.3 is 15.8 Å². The predicted molar refractivity (Wildman–Crippen MR) is 76.9 cm³/mol. The second-order valence-corrected chi connectivity index (χ2v) is 5.09. The molecule has 1 aromatic carbocycles. The van der Waals surface area contributed by atoms with Crippen LogP contribution in [0.1, 0.15) is 12.8 Å². The van der Waals surface area contributed by atoms with Gasteiger partial charge in [-0.15, -0.1) is 12.4 Å². The standard InChI is InChI=1S/C12H14BrFN2O2.ClH/c13-7-1-3-9(14)10(5-7)16-12(17)11-4-2-8(6-15)18-11;/h1,3,5,8,11H,2,4,6,15H2,(H,16,17);1H/t8-,11+;/m1./s1. The van der Waals surface area contributed by atoms with Crippen LogP contribution in [0, 0.1) is 5.82 Å². The van der Waals surface area contributed by atoms with Crippen LogP contribution >= 0.6 is 28.3 Å². The van der Waals surface area contributed by atoms with Crippen molar-refractivity contribution in [3.05, 3.63) is 28.5 Å². The minimum absolute atomic E-state index is 0. The molecule has 0 aliphatic carbocycles. The van der Waals surface area contributed by atoms with Crippen LogP contribution in [0.15, 0.2) is 22.7 Å². The first kappa shape index (κ1) is 16.4. The lowest BCUT2D eigenvalue weighted by Gasteiger charge is -2.13. The lowest BCUT2D eigenvalue weighted by molar-refractivity contribution is -0.126. The first-order chi connectivity index (χ1) is 8.60. The van der Waals surface area contributed by atoms with Crippen LogP contribution in [0.5, 0.6) is 0 Å². The lowest BCUT2D eigenvalue weighted by atomic mass is 10.2. The molecular formula is C12H15BrClFN2O2. The van der Waals surface area contributed by atoms with E-state index >= 15 is 0 Å². The van der Waals surface area contributed by atoms with Gasteiger partial charge in [0.05, 0.1) is 11.8 Å². The van der Waals surface area contributed by atoms with Crippen LogP contribution in [0.3, 0.4) is 0 Å². The van der Waals surface area contributed by atoms with E-state index < -0.39 is 11.9 Å². The van der Waals surface area contributed by atoms with Gasteiger partial charge in [0, 0.05) is 11.0 Å². The van der Waals surface area contributed by atoms with E-state index in [1.807, 2.05) is 0 Å². The molecule has 7 heteroatoms. The molecule has 1 aromatic rings. The highest BCUT2D eigenvalue weighted by Crippen LogP contribution is 2.23. The average Bonchev–Trinajstić information content (AvgIpc) is 2.82. The number of amides is 1. The Balaban J connectivity index is 0.00000180. The van der Waals surface area contributed by atoms with E-state index in [-0.39, 0.29) is 30.1 Å². The fourth-order valence-electron chi connectivity index (χ4n) is 1.88. The summed E-state index contributed by atoms with van der Waals surface area (Å²) in [7, 11) is 0. The SMILES string of the molecule is Cl.NC[C@H]1CC[C@@H](C(=O)Nc2cc(Br)ccc2F)O1. The Bertz CT molecular complexity index is 461. The molecule has 2 rings (SSSR count). The molecule has 1 fully saturated rings. The fourth-order valence-corrected chi connectivity index (χ4v) is 2.24. The van der Waals surface area contributed by atoms with Crippen LogP contribution < -0.4 is 11.1 Å². The van der Waals surface area contributed by atoms with E-state index in [1.165, 1.54) is 12.1 Å². The van der Waals surface area contributed by atoms with E-state index in [2.05, 4.69) is 21.2 Å². The van der Waals surface area contributed by atoms with Gasteiger partial charge in [0.15, 0.2) is 0 Å². The van der Waals surface area contributed by atoms with Crippen molar-refractivity contribution in [2.24, 2.45) is 5.73 Å². The monoisotopic (exact) mass is 352 g/mol. The number of hydrogen-bond donors (Lipinski definition) is 2. The Hall–Kier alpha value is -0.690. The van der Waals surface area contributed by atoms with Gasteiger partial charge in [-0.1, -0.05) is 15.9 Å². The molecule has 1 amide bonds. The van der Waals surface area contributed by atoms with E-state index in [0.717, 1.165) is 6.42 Å². The van der Waals surface area contributed by atoms with Crippen LogP contribution in [0.25, 0.3) is 0 Å². The number of nitrogens with two attached hydrogens (primary N) is 1. The van der Waals surface area contributed by atoms with Crippen molar-refractivity contribution < 1.29 is 13.9 Å². The summed E-state index contributed by atoms with van der Waals surface area (Å²) in [5, 5.41) is 2.53. The Morgan fingerprint density at radius 1 is 1.53 bits per heavy atom. The molecule has 0 unspecified atom stereocenters. The Labute approximate surface area is 125 Å². The molecule has 0 spiro atoms. The summed E-state index contributed by atoms with van der Waals surface area (Å²) < 4.78 is 19.6. The number of ether oxygens (including phenoxy) is 1. The summed E-state index contributed by atoms with van der Waals surface area (Å²) >= 11 is 3.22. The zero-order chi connectivity index (χ0) is 13.1. The number of benzene rings is 1. The highest BCUT2D eigenvalue weighted by Gasteiger charge is 2.30. The summed E-state index contributed by atoms with van der Waals surface area (Å²) in [6.07, 6.45) is 0.754. The molecule has 1 aliphatic heterocycles. The van der Waals surface area contributed by atoms with Crippen molar-refractivity contribution in [3.63, 3.8) is 0 Å². The van der Waals surface area contributed by atoms with Gasteiger partial charge in [-0.05, 0) is 31.0 Å². The topological polar surface area (TPSA) is 64.4 Å².